The standard InChI is InChI=1S/C33H24N2O2/c34-26-5-1-22-16-28(7-3-20(22)14-26)36-30-9-11-32-24(18-30)13-25-19-31(10-12-33(25)32)37-29-8-4-21-15-27(35)6-2-23(21)17-29/h1-12,14-19H,13,34-35H2. The van der Waals surface area contributed by atoms with Crippen molar-refractivity contribution < 1.29 is 9.47 Å². The molecule has 0 saturated carbocycles. The Morgan fingerprint density at radius 1 is 0.405 bits per heavy atom. The van der Waals surface area contributed by atoms with Gasteiger partial charge in [0.2, 0.25) is 0 Å². The Labute approximate surface area is 214 Å². The second-order valence-electron chi connectivity index (χ2n) is 9.56. The quantitative estimate of drug-likeness (QED) is 0.249. The summed E-state index contributed by atoms with van der Waals surface area (Å²) >= 11 is 0. The van der Waals surface area contributed by atoms with Crippen molar-refractivity contribution in [3.8, 4) is 34.1 Å². The second kappa shape index (κ2) is 8.32. The van der Waals surface area contributed by atoms with E-state index < -0.39 is 0 Å². The molecule has 37 heavy (non-hydrogen) atoms. The SMILES string of the molecule is Nc1ccc2cc(Oc3ccc4c(c3)Cc3cc(Oc5ccc6cc(N)ccc6c5)ccc3-4)ccc2c1. The summed E-state index contributed by atoms with van der Waals surface area (Å²) in [5, 5.41) is 4.40. The average Bonchev–Trinajstić information content (AvgIpc) is 3.26. The second-order valence-corrected chi connectivity index (χ2v) is 9.56. The van der Waals surface area contributed by atoms with Crippen molar-refractivity contribution in [2.24, 2.45) is 0 Å². The van der Waals surface area contributed by atoms with E-state index in [9.17, 15) is 0 Å². The summed E-state index contributed by atoms with van der Waals surface area (Å²) in [5.41, 5.74) is 18.3. The van der Waals surface area contributed by atoms with Crippen LogP contribution in [0.1, 0.15) is 11.1 Å². The molecule has 4 heteroatoms. The fourth-order valence-electron chi connectivity index (χ4n) is 5.17. The van der Waals surface area contributed by atoms with Gasteiger partial charge in [-0.2, -0.15) is 0 Å². The van der Waals surface area contributed by atoms with Crippen LogP contribution in [0, 0.1) is 0 Å². The molecule has 6 aromatic rings. The monoisotopic (exact) mass is 480 g/mol. The molecule has 6 aromatic carbocycles. The molecule has 7 rings (SSSR count). The summed E-state index contributed by atoms with van der Waals surface area (Å²) in [6, 6.07) is 36.6. The number of hydrogen-bond acceptors (Lipinski definition) is 4. The van der Waals surface area contributed by atoms with Gasteiger partial charge >= 0.3 is 0 Å². The Bertz CT molecular complexity index is 1710. The third kappa shape index (κ3) is 3.99. The maximum Gasteiger partial charge on any atom is 0.128 e. The fourth-order valence-corrected chi connectivity index (χ4v) is 5.17. The molecular weight excluding hydrogens is 456 g/mol. The van der Waals surface area contributed by atoms with Crippen molar-refractivity contribution in [3.05, 3.63) is 120 Å². The molecule has 4 N–H and O–H groups in total. The lowest BCUT2D eigenvalue weighted by Crippen LogP contribution is -1.88. The summed E-state index contributed by atoms with van der Waals surface area (Å²) in [5.74, 6) is 3.27. The molecule has 0 spiro atoms. The van der Waals surface area contributed by atoms with Crippen molar-refractivity contribution in [2.75, 3.05) is 11.5 Å². The van der Waals surface area contributed by atoms with Gasteiger partial charge < -0.3 is 20.9 Å². The molecule has 0 aliphatic heterocycles. The zero-order valence-electron chi connectivity index (χ0n) is 20.1. The van der Waals surface area contributed by atoms with Crippen molar-refractivity contribution in [3.63, 3.8) is 0 Å². The van der Waals surface area contributed by atoms with E-state index in [1.54, 1.807) is 0 Å². The molecule has 0 heterocycles. The third-order valence-corrected chi connectivity index (χ3v) is 6.97. The smallest absolute Gasteiger partial charge is 0.128 e. The van der Waals surface area contributed by atoms with Gasteiger partial charge in [0, 0.05) is 11.4 Å². The number of nitrogen functional groups attached to an aromatic ring is 2. The van der Waals surface area contributed by atoms with E-state index in [1.165, 1.54) is 22.3 Å². The number of fused-ring (bicyclic) bond motifs is 5. The van der Waals surface area contributed by atoms with Gasteiger partial charge in [0.15, 0.2) is 0 Å². The van der Waals surface area contributed by atoms with Gasteiger partial charge in [-0.1, -0.05) is 36.4 Å². The lowest BCUT2D eigenvalue weighted by molar-refractivity contribution is 0.483. The van der Waals surface area contributed by atoms with E-state index in [4.69, 9.17) is 20.9 Å². The van der Waals surface area contributed by atoms with Crippen LogP contribution >= 0.6 is 0 Å². The van der Waals surface area contributed by atoms with Crippen molar-refractivity contribution in [2.45, 2.75) is 6.42 Å². The number of nitrogens with two attached hydrogens (primary N) is 2. The first-order valence-corrected chi connectivity index (χ1v) is 12.3. The highest BCUT2D eigenvalue weighted by molar-refractivity contribution is 5.87. The first-order chi connectivity index (χ1) is 18.1. The minimum absolute atomic E-state index is 0.760. The first-order valence-electron chi connectivity index (χ1n) is 12.3. The van der Waals surface area contributed by atoms with Crippen molar-refractivity contribution in [1.82, 2.24) is 0 Å². The molecule has 178 valence electrons. The first kappa shape index (κ1) is 21.3. The third-order valence-electron chi connectivity index (χ3n) is 6.97. The normalized spacial score (nSPS) is 11.9. The number of anilines is 2. The lowest BCUT2D eigenvalue weighted by Gasteiger charge is -2.10. The molecule has 1 aliphatic carbocycles. The molecular formula is C33H24N2O2. The minimum Gasteiger partial charge on any atom is -0.457 e. The summed E-state index contributed by atoms with van der Waals surface area (Å²) in [4.78, 5) is 0. The average molecular weight is 481 g/mol. The fraction of sp³-hybridized carbons (Fsp3) is 0.0303. The largest absolute Gasteiger partial charge is 0.457 e. The molecule has 4 nitrogen and oxygen atoms in total. The number of ether oxygens (including phenoxy) is 2. The summed E-state index contributed by atoms with van der Waals surface area (Å²) in [6.45, 7) is 0. The van der Waals surface area contributed by atoms with Gasteiger partial charge in [-0.25, -0.2) is 0 Å². The highest BCUT2D eigenvalue weighted by atomic mass is 16.5. The highest BCUT2D eigenvalue weighted by Crippen LogP contribution is 2.41. The Morgan fingerprint density at radius 3 is 1.27 bits per heavy atom. The Morgan fingerprint density at radius 2 is 0.784 bits per heavy atom. The molecule has 0 unspecified atom stereocenters. The van der Waals surface area contributed by atoms with Crippen LogP contribution in [0.3, 0.4) is 0 Å². The number of rotatable bonds is 4. The van der Waals surface area contributed by atoms with E-state index in [-0.39, 0.29) is 0 Å². The highest BCUT2D eigenvalue weighted by Gasteiger charge is 2.20. The molecule has 0 saturated heterocycles. The predicted octanol–water partition coefficient (Wildman–Crippen LogP) is 8.31. The molecule has 0 amide bonds. The summed E-state index contributed by atoms with van der Waals surface area (Å²) < 4.78 is 12.4. The Balaban J connectivity index is 1.11. The zero-order chi connectivity index (χ0) is 24.9. The molecule has 0 radical (unpaired) electrons. The zero-order valence-corrected chi connectivity index (χ0v) is 20.1. The number of benzene rings is 6. The van der Waals surface area contributed by atoms with Gasteiger partial charge in [0.25, 0.3) is 0 Å². The van der Waals surface area contributed by atoms with Gasteiger partial charge in [0.1, 0.15) is 23.0 Å². The number of hydrogen-bond donors (Lipinski definition) is 2. The molecule has 0 bridgehead atoms. The van der Waals surface area contributed by atoms with Crippen molar-refractivity contribution >= 4 is 32.9 Å². The van der Waals surface area contributed by atoms with Crippen LogP contribution in [0.4, 0.5) is 11.4 Å². The van der Waals surface area contributed by atoms with Crippen LogP contribution in [0.15, 0.2) is 109 Å². The predicted molar refractivity (Wildman–Crippen MR) is 152 cm³/mol. The minimum atomic E-state index is 0.760. The van der Waals surface area contributed by atoms with E-state index in [2.05, 4.69) is 24.3 Å². The van der Waals surface area contributed by atoms with Crippen LogP contribution < -0.4 is 20.9 Å². The van der Waals surface area contributed by atoms with E-state index in [1.807, 2.05) is 84.9 Å². The van der Waals surface area contributed by atoms with Gasteiger partial charge in [-0.3, -0.25) is 0 Å². The maximum atomic E-state index is 6.22. The molecule has 0 aromatic heterocycles. The van der Waals surface area contributed by atoms with E-state index >= 15 is 0 Å². The molecule has 0 fully saturated rings. The lowest BCUT2D eigenvalue weighted by atomic mass is 10.1. The topological polar surface area (TPSA) is 70.5 Å². The van der Waals surface area contributed by atoms with Crippen LogP contribution in [-0.2, 0) is 6.42 Å². The summed E-state index contributed by atoms with van der Waals surface area (Å²) in [6.07, 6.45) is 0.840. The van der Waals surface area contributed by atoms with Crippen LogP contribution in [0.5, 0.6) is 23.0 Å². The van der Waals surface area contributed by atoms with Crippen molar-refractivity contribution in [1.29, 1.82) is 0 Å². The summed E-state index contributed by atoms with van der Waals surface area (Å²) in [7, 11) is 0. The van der Waals surface area contributed by atoms with Gasteiger partial charge in [0.05, 0.1) is 0 Å². The van der Waals surface area contributed by atoms with Gasteiger partial charge in [-0.05, 0) is 123 Å². The van der Waals surface area contributed by atoms with E-state index in [0.717, 1.165) is 62.3 Å². The van der Waals surface area contributed by atoms with Crippen LogP contribution in [-0.4, -0.2) is 0 Å². The molecule has 1 aliphatic rings. The van der Waals surface area contributed by atoms with Crippen LogP contribution in [0.25, 0.3) is 32.7 Å². The Hall–Kier alpha value is -4.96. The van der Waals surface area contributed by atoms with Crippen LogP contribution in [0.2, 0.25) is 0 Å². The Kier molecular flexibility index (Phi) is 4.79. The maximum absolute atomic E-state index is 6.22. The van der Waals surface area contributed by atoms with Gasteiger partial charge in [-0.15, -0.1) is 0 Å². The molecule has 0 atom stereocenters. The van der Waals surface area contributed by atoms with E-state index in [0.29, 0.717) is 0 Å².